The van der Waals surface area contributed by atoms with Crippen LogP contribution in [0.3, 0.4) is 0 Å². The summed E-state index contributed by atoms with van der Waals surface area (Å²) >= 11 is 11.8. The van der Waals surface area contributed by atoms with Crippen LogP contribution in [0.5, 0.6) is 0 Å². The maximum absolute atomic E-state index is 6.08. The molecule has 0 aliphatic heterocycles. The summed E-state index contributed by atoms with van der Waals surface area (Å²) in [6.45, 7) is 0. The first-order chi connectivity index (χ1) is 6.20. The van der Waals surface area contributed by atoms with E-state index in [0.717, 1.165) is 23.8 Å². The zero-order chi connectivity index (χ0) is 9.42. The first-order valence-electron chi connectivity index (χ1n) is 3.57. The molecular formula is C9H4BrClIN. The molecule has 0 aliphatic carbocycles. The van der Waals surface area contributed by atoms with Crippen molar-refractivity contribution in [3.8, 4) is 0 Å². The Kier molecular flexibility index (Phi) is 2.76. The fraction of sp³-hybridized carbons (Fsp3) is 0. The molecule has 66 valence electrons. The molecule has 1 nitrogen and oxygen atoms in total. The summed E-state index contributed by atoms with van der Waals surface area (Å²) in [4.78, 5) is 4.12. The van der Waals surface area contributed by atoms with E-state index in [4.69, 9.17) is 11.6 Å². The molecular weight excluding hydrogens is 364 g/mol. The van der Waals surface area contributed by atoms with Crippen molar-refractivity contribution in [3.05, 3.63) is 37.6 Å². The minimum Gasteiger partial charge on any atom is -0.263 e. The Bertz CT molecular complexity index is 464. The Balaban J connectivity index is 3.00. The van der Waals surface area contributed by atoms with E-state index in [1.54, 1.807) is 6.20 Å². The third-order valence-corrected chi connectivity index (χ3v) is 3.60. The van der Waals surface area contributed by atoms with Crippen LogP contribution in [0.15, 0.2) is 29.0 Å². The molecule has 0 fully saturated rings. The van der Waals surface area contributed by atoms with Gasteiger partial charge in [0.15, 0.2) is 0 Å². The highest BCUT2D eigenvalue weighted by Crippen LogP contribution is 2.32. The number of pyridine rings is 1. The molecule has 0 aliphatic rings. The molecule has 0 amide bonds. The number of hydrogen-bond donors (Lipinski definition) is 0. The number of rotatable bonds is 0. The Morgan fingerprint density at radius 3 is 2.77 bits per heavy atom. The van der Waals surface area contributed by atoms with Crippen molar-refractivity contribution in [1.82, 2.24) is 4.98 Å². The van der Waals surface area contributed by atoms with E-state index >= 15 is 0 Å². The minimum atomic E-state index is 0.769. The average Bonchev–Trinajstić information content (AvgIpc) is 2.12. The molecule has 2 aromatic rings. The maximum atomic E-state index is 6.08. The van der Waals surface area contributed by atoms with Crippen molar-refractivity contribution in [2.24, 2.45) is 0 Å². The molecule has 13 heavy (non-hydrogen) atoms. The first-order valence-corrected chi connectivity index (χ1v) is 5.82. The molecule has 0 spiro atoms. The van der Waals surface area contributed by atoms with Gasteiger partial charge in [0, 0.05) is 36.2 Å². The molecule has 0 saturated carbocycles. The van der Waals surface area contributed by atoms with Crippen LogP contribution in [-0.2, 0) is 0 Å². The third-order valence-electron chi connectivity index (χ3n) is 1.77. The van der Waals surface area contributed by atoms with Gasteiger partial charge in [-0.1, -0.05) is 27.5 Å². The second kappa shape index (κ2) is 3.71. The summed E-state index contributed by atoms with van der Waals surface area (Å²) < 4.78 is 2.10. The van der Waals surface area contributed by atoms with E-state index in [1.807, 2.05) is 18.3 Å². The van der Waals surface area contributed by atoms with Crippen molar-refractivity contribution >= 4 is 60.9 Å². The quantitative estimate of drug-likeness (QED) is 0.634. The Morgan fingerprint density at radius 2 is 2.08 bits per heavy atom. The minimum absolute atomic E-state index is 0.769. The van der Waals surface area contributed by atoms with Crippen LogP contribution in [0.2, 0.25) is 5.02 Å². The van der Waals surface area contributed by atoms with E-state index in [9.17, 15) is 0 Å². The summed E-state index contributed by atoms with van der Waals surface area (Å²) in [6, 6.07) is 3.82. The summed E-state index contributed by atoms with van der Waals surface area (Å²) in [6.07, 6.45) is 3.62. The van der Waals surface area contributed by atoms with E-state index in [2.05, 4.69) is 43.5 Å². The summed E-state index contributed by atoms with van der Waals surface area (Å²) in [5.74, 6) is 0. The zero-order valence-electron chi connectivity index (χ0n) is 6.39. The van der Waals surface area contributed by atoms with Crippen LogP contribution in [0.4, 0.5) is 0 Å². The number of hydrogen-bond acceptors (Lipinski definition) is 1. The van der Waals surface area contributed by atoms with Crippen LogP contribution >= 0.6 is 50.1 Å². The molecule has 0 atom stereocenters. The van der Waals surface area contributed by atoms with Crippen LogP contribution in [0, 0.1) is 3.57 Å². The molecule has 1 heterocycles. The van der Waals surface area contributed by atoms with E-state index < -0.39 is 0 Å². The molecule has 0 bridgehead atoms. The van der Waals surface area contributed by atoms with Crippen LogP contribution in [0.25, 0.3) is 10.8 Å². The normalized spacial score (nSPS) is 10.7. The van der Waals surface area contributed by atoms with Gasteiger partial charge in [0.25, 0.3) is 0 Å². The average molecular weight is 368 g/mol. The van der Waals surface area contributed by atoms with Crippen molar-refractivity contribution in [2.45, 2.75) is 0 Å². The van der Waals surface area contributed by atoms with Crippen molar-refractivity contribution in [1.29, 1.82) is 0 Å². The number of aromatic nitrogens is 1. The molecule has 0 saturated heterocycles. The summed E-state index contributed by atoms with van der Waals surface area (Å²) in [7, 11) is 0. The highest BCUT2D eigenvalue weighted by atomic mass is 127. The summed E-state index contributed by atoms with van der Waals surface area (Å²) in [5.41, 5.74) is 0. The topological polar surface area (TPSA) is 12.9 Å². The van der Waals surface area contributed by atoms with Gasteiger partial charge in [-0.25, -0.2) is 0 Å². The molecule has 0 radical (unpaired) electrons. The van der Waals surface area contributed by atoms with Crippen LogP contribution in [-0.4, -0.2) is 4.98 Å². The van der Waals surface area contributed by atoms with Gasteiger partial charge in [0.1, 0.15) is 0 Å². The van der Waals surface area contributed by atoms with E-state index in [0.29, 0.717) is 0 Å². The van der Waals surface area contributed by atoms with Gasteiger partial charge < -0.3 is 0 Å². The smallest absolute Gasteiger partial charge is 0.0496 e. The number of halogens is 3. The van der Waals surface area contributed by atoms with Crippen molar-refractivity contribution in [3.63, 3.8) is 0 Å². The molecule has 1 aromatic carbocycles. The van der Waals surface area contributed by atoms with Gasteiger partial charge in [-0.2, -0.15) is 0 Å². The third kappa shape index (κ3) is 1.69. The molecule has 0 unspecified atom stereocenters. The van der Waals surface area contributed by atoms with Gasteiger partial charge in [-0.15, -0.1) is 0 Å². The largest absolute Gasteiger partial charge is 0.263 e. The summed E-state index contributed by atoms with van der Waals surface area (Å²) in [5, 5.41) is 2.89. The predicted octanol–water partition coefficient (Wildman–Crippen LogP) is 4.26. The van der Waals surface area contributed by atoms with Crippen molar-refractivity contribution < 1.29 is 0 Å². The Labute approximate surface area is 103 Å². The van der Waals surface area contributed by atoms with Gasteiger partial charge in [0.2, 0.25) is 0 Å². The number of nitrogens with zero attached hydrogens (tertiary/aromatic N) is 1. The molecule has 2 rings (SSSR count). The monoisotopic (exact) mass is 367 g/mol. The lowest BCUT2D eigenvalue weighted by atomic mass is 10.2. The second-order valence-electron chi connectivity index (χ2n) is 2.57. The highest BCUT2D eigenvalue weighted by molar-refractivity contribution is 14.1. The standard InChI is InChI=1S/C9H4BrClIN/c10-6-1-2-7(11)9-5(6)3-13-4-8(9)12/h1-4H. The lowest BCUT2D eigenvalue weighted by Gasteiger charge is -2.03. The predicted molar refractivity (Wildman–Crippen MR) is 67.2 cm³/mol. The fourth-order valence-electron chi connectivity index (χ4n) is 1.18. The molecule has 4 heteroatoms. The molecule has 1 aromatic heterocycles. The molecule has 0 N–H and O–H groups in total. The van der Waals surface area contributed by atoms with Gasteiger partial charge >= 0.3 is 0 Å². The van der Waals surface area contributed by atoms with Crippen LogP contribution in [0.1, 0.15) is 0 Å². The lowest BCUT2D eigenvalue weighted by Crippen LogP contribution is -1.83. The highest BCUT2D eigenvalue weighted by Gasteiger charge is 2.05. The number of fused-ring (bicyclic) bond motifs is 1. The number of benzene rings is 1. The lowest BCUT2D eigenvalue weighted by molar-refractivity contribution is 1.34. The second-order valence-corrected chi connectivity index (χ2v) is 5.00. The van der Waals surface area contributed by atoms with Crippen molar-refractivity contribution in [2.75, 3.05) is 0 Å². The van der Waals surface area contributed by atoms with Gasteiger partial charge in [-0.05, 0) is 34.7 Å². The zero-order valence-corrected chi connectivity index (χ0v) is 10.9. The Hall–Kier alpha value is 0.130. The van der Waals surface area contributed by atoms with E-state index in [-0.39, 0.29) is 0 Å². The van der Waals surface area contributed by atoms with Crippen LogP contribution < -0.4 is 0 Å². The first kappa shape index (κ1) is 9.68. The Morgan fingerprint density at radius 1 is 1.31 bits per heavy atom. The van der Waals surface area contributed by atoms with E-state index in [1.165, 1.54) is 0 Å². The van der Waals surface area contributed by atoms with Gasteiger partial charge in [0.05, 0.1) is 0 Å². The van der Waals surface area contributed by atoms with Gasteiger partial charge in [-0.3, -0.25) is 4.98 Å². The SMILES string of the molecule is Clc1ccc(Br)c2cncc(I)c12. The maximum Gasteiger partial charge on any atom is 0.0496 e. The fourth-order valence-corrected chi connectivity index (χ4v) is 2.78.